The predicted molar refractivity (Wildman–Crippen MR) is 123 cm³/mol. The van der Waals surface area contributed by atoms with Crippen molar-refractivity contribution in [2.24, 2.45) is 0 Å². The SMILES string of the molecule is c1ccc2nc3c(cc2c1)c1nc2ccccc2nc1c1cc2ccccc2nc13. The summed E-state index contributed by atoms with van der Waals surface area (Å²) in [6, 6.07) is 28.7. The van der Waals surface area contributed by atoms with Crippen LogP contribution < -0.4 is 0 Å². The van der Waals surface area contributed by atoms with Crippen molar-refractivity contribution in [1.29, 1.82) is 0 Å². The zero-order valence-corrected chi connectivity index (χ0v) is 15.9. The maximum atomic E-state index is 5.01. The first kappa shape index (κ1) is 15.7. The van der Waals surface area contributed by atoms with E-state index in [9.17, 15) is 0 Å². The van der Waals surface area contributed by atoms with Gasteiger partial charge >= 0.3 is 0 Å². The largest absolute Gasteiger partial charge is 0.245 e. The summed E-state index contributed by atoms with van der Waals surface area (Å²) >= 11 is 0. The lowest BCUT2D eigenvalue weighted by Gasteiger charge is -2.11. The number of fused-ring (bicyclic) bond motifs is 9. The van der Waals surface area contributed by atoms with E-state index in [1.807, 2.05) is 60.7 Å². The summed E-state index contributed by atoms with van der Waals surface area (Å²) in [5, 5.41) is 4.14. The van der Waals surface area contributed by atoms with Gasteiger partial charge in [-0.15, -0.1) is 0 Å². The van der Waals surface area contributed by atoms with Crippen molar-refractivity contribution in [3.8, 4) is 0 Å². The second-order valence-electron chi connectivity index (χ2n) is 7.56. The van der Waals surface area contributed by atoms with Crippen LogP contribution in [0, 0.1) is 0 Å². The fourth-order valence-electron chi connectivity index (χ4n) is 4.33. The molecule has 3 heterocycles. The number of nitrogens with zero attached hydrogens (tertiary/aromatic N) is 4. The Morgan fingerprint density at radius 1 is 0.367 bits per heavy atom. The Balaban J connectivity index is 1.82. The van der Waals surface area contributed by atoms with Gasteiger partial charge in [0.15, 0.2) is 0 Å². The molecular formula is C26H14N4. The number of hydrogen-bond acceptors (Lipinski definition) is 4. The number of rotatable bonds is 0. The fraction of sp³-hybridized carbons (Fsp3) is 0. The molecule has 30 heavy (non-hydrogen) atoms. The van der Waals surface area contributed by atoms with E-state index in [-0.39, 0.29) is 0 Å². The lowest BCUT2D eigenvalue weighted by molar-refractivity contribution is 1.40. The van der Waals surface area contributed by atoms with Crippen molar-refractivity contribution in [2.75, 3.05) is 0 Å². The van der Waals surface area contributed by atoms with Crippen molar-refractivity contribution < 1.29 is 0 Å². The van der Waals surface area contributed by atoms with E-state index in [0.717, 1.165) is 65.7 Å². The molecule has 0 amide bonds. The molecule has 0 spiro atoms. The maximum absolute atomic E-state index is 5.01. The highest BCUT2D eigenvalue weighted by Crippen LogP contribution is 2.35. The van der Waals surface area contributed by atoms with Crippen LogP contribution >= 0.6 is 0 Å². The number of para-hydroxylation sites is 4. The second-order valence-corrected chi connectivity index (χ2v) is 7.56. The molecule has 7 aromatic rings. The quantitative estimate of drug-likeness (QED) is 0.232. The Morgan fingerprint density at radius 3 is 1.13 bits per heavy atom. The Kier molecular flexibility index (Phi) is 2.97. The first-order valence-electron chi connectivity index (χ1n) is 9.93. The summed E-state index contributed by atoms with van der Waals surface area (Å²) in [5.41, 5.74) is 7.14. The minimum atomic E-state index is 0.867. The fourth-order valence-corrected chi connectivity index (χ4v) is 4.33. The highest BCUT2D eigenvalue weighted by molar-refractivity contribution is 6.24. The van der Waals surface area contributed by atoms with Gasteiger partial charge in [-0.25, -0.2) is 19.9 Å². The van der Waals surface area contributed by atoms with Crippen LogP contribution in [0.4, 0.5) is 0 Å². The summed E-state index contributed by atoms with van der Waals surface area (Å²) in [6.07, 6.45) is 0. The van der Waals surface area contributed by atoms with Crippen LogP contribution in [0.5, 0.6) is 0 Å². The maximum Gasteiger partial charge on any atom is 0.0996 e. The molecular weight excluding hydrogens is 368 g/mol. The van der Waals surface area contributed by atoms with E-state index in [4.69, 9.17) is 19.9 Å². The van der Waals surface area contributed by atoms with Gasteiger partial charge in [0.2, 0.25) is 0 Å². The highest BCUT2D eigenvalue weighted by atomic mass is 14.8. The molecule has 0 saturated heterocycles. The smallest absolute Gasteiger partial charge is 0.0996 e. The molecule has 0 radical (unpaired) electrons. The molecule has 0 fully saturated rings. The highest BCUT2D eigenvalue weighted by Gasteiger charge is 2.16. The lowest BCUT2D eigenvalue weighted by Crippen LogP contribution is -1.95. The van der Waals surface area contributed by atoms with Gasteiger partial charge in [-0.1, -0.05) is 48.5 Å². The lowest BCUT2D eigenvalue weighted by atomic mass is 10.0. The van der Waals surface area contributed by atoms with Gasteiger partial charge in [0.25, 0.3) is 0 Å². The molecule has 3 aromatic heterocycles. The van der Waals surface area contributed by atoms with Gasteiger partial charge in [-0.2, -0.15) is 0 Å². The van der Waals surface area contributed by atoms with E-state index in [2.05, 4.69) is 24.3 Å². The second kappa shape index (κ2) is 5.67. The minimum absolute atomic E-state index is 0.867. The van der Waals surface area contributed by atoms with Gasteiger partial charge in [0, 0.05) is 21.5 Å². The number of benzene rings is 4. The van der Waals surface area contributed by atoms with Crippen LogP contribution in [-0.4, -0.2) is 19.9 Å². The normalized spacial score (nSPS) is 12.0. The van der Waals surface area contributed by atoms with Gasteiger partial charge in [0.1, 0.15) is 0 Å². The van der Waals surface area contributed by atoms with E-state index in [1.54, 1.807) is 0 Å². The summed E-state index contributed by atoms with van der Waals surface area (Å²) in [5.74, 6) is 0. The number of pyridine rings is 2. The average Bonchev–Trinajstić information content (AvgIpc) is 2.81. The zero-order valence-electron chi connectivity index (χ0n) is 15.9. The van der Waals surface area contributed by atoms with Crippen LogP contribution in [0.25, 0.3) is 65.7 Å². The summed E-state index contributed by atoms with van der Waals surface area (Å²) < 4.78 is 0. The monoisotopic (exact) mass is 382 g/mol. The molecule has 138 valence electrons. The zero-order chi connectivity index (χ0) is 19.7. The molecule has 0 unspecified atom stereocenters. The predicted octanol–water partition coefficient (Wildman–Crippen LogP) is 6.19. The third-order valence-electron chi connectivity index (χ3n) is 5.75. The molecule has 0 N–H and O–H groups in total. The molecule has 0 aliphatic heterocycles. The standard InChI is InChI=1S/C26H14N4/c1-3-9-19-15(7-1)13-17-23(27-19)24-18(14-16-8-2-4-10-20(16)28-24)26-25(17)29-21-11-5-6-12-22(21)30-26/h1-14H. The molecule has 0 aliphatic rings. The molecule has 0 atom stereocenters. The minimum Gasteiger partial charge on any atom is -0.245 e. The van der Waals surface area contributed by atoms with E-state index in [1.165, 1.54) is 0 Å². The van der Waals surface area contributed by atoms with Crippen LogP contribution in [0.2, 0.25) is 0 Å². The molecule has 0 aliphatic carbocycles. The van der Waals surface area contributed by atoms with E-state index >= 15 is 0 Å². The van der Waals surface area contributed by atoms with Gasteiger partial charge < -0.3 is 0 Å². The first-order chi connectivity index (χ1) is 14.8. The van der Waals surface area contributed by atoms with Crippen LogP contribution in [0.3, 0.4) is 0 Å². The number of hydrogen-bond donors (Lipinski definition) is 0. The summed E-state index contributed by atoms with van der Waals surface area (Å²) in [7, 11) is 0. The van der Waals surface area contributed by atoms with E-state index < -0.39 is 0 Å². The van der Waals surface area contributed by atoms with Gasteiger partial charge in [0.05, 0.1) is 44.1 Å². The third-order valence-corrected chi connectivity index (χ3v) is 5.75. The molecule has 4 aromatic carbocycles. The molecule has 0 saturated carbocycles. The van der Waals surface area contributed by atoms with Gasteiger partial charge in [-0.05, 0) is 36.4 Å². The summed E-state index contributed by atoms with van der Waals surface area (Å²) in [4.78, 5) is 20.1. The van der Waals surface area contributed by atoms with Crippen LogP contribution in [-0.2, 0) is 0 Å². The van der Waals surface area contributed by atoms with E-state index in [0.29, 0.717) is 0 Å². The Bertz CT molecular complexity index is 1430. The Morgan fingerprint density at radius 2 is 0.700 bits per heavy atom. The summed E-state index contributed by atoms with van der Waals surface area (Å²) in [6.45, 7) is 0. The average molecular weight is 382 g/mol. The molecule has 4 heteroatoms. The molecule has 0 bridgehead atoms. The Hall–Kier alpha value is -4.18. The van der Waals surface area contributed by atoms with Crippen molar-refractivity contribution >= 4 is 65.7 Å². The van der Waals surface area contributed by atoms with Crippen molar-refractivity contribution in [2.45, 2.75) is 0 Å². The Labute approximate surface area is 170 Å². The van der Waals surface area contributed by atoms with Crippen LogP contribution in [0.1, 0.15) is 0 Å². The van der Waals surface area contributed by atoms with Crippen molar-refractivity contribution in [1.82, 2.24) is 19.9 Å². The van der Waals surface area contributed by atoms with Crippen molar-refractivity contribution in [3.63, 3.8) is 0 Å². The number of aromatic nitrogens is 4. The molecule has 7 rings (SSSR count). The molecule has 4 nitrogen and oxygen atoms in total. The first-order valence-corrected chi connectivity index (χ1v) is 9.93. The van der Waals surface area contributed by atoms with Crippen LogP contribution in [0.15, 0.2) is 84.9 Å². The van der Waals surface area contributed by atoms with Crippen molar-refractivity contribution in [3.05, 3.63) is 84.9 Å². The topological polar surface area (TPSA) is 51.6 Å². The third kappa shape index (κ3) is 2.10. The van der Waals surface area contributed by atoms with Gasteiger partial charge in [-0.3, -0.25) is 0 Å².